The Morgan fingerprint density at radius 1 is 0.788 bits per heavy atom. The topological polar surface area (TPSA) is 76.6 Å². The third kappa shape index (κ3) is 4.36. The first-order valence-electron chi connectivity index (χ1n) is 10.8. The van der Waals surface area contributed by atoms with Gasteiger partial charge in [-0.1, -0.05) is 78.9 Å². The van der Waals surface area contributed by atoms with Crippen LogP contribution in [0, 0.1) is 13.8 Å². The van der Waals surface area contributed by atoms with E-state index in [4.69, 9.17) is 4.74 Å². The highest BCUT2D eigenvalue weighted by molar-refractivity contribution is 5.80. The van der Waals surface area contributed by atoms with Gasteiger partial charge in [-0.2, -0.15) is 0 Å². The molecule has 0 fully saturated rings. The van der Waals surface area contributed by atoms with E-state index in [2.05, 4.69) is 68.1 Å². The van der Waals surface area contributed by atoms with Crippen molar-refractivity contribution in [3.8, 4) is 39.4 Å². The van der Waals surface area contributed by atoms with Gasteiger partial charge in [0.1, 0.15) is 12.4 Å². The SMILES string of the molecule is Cc1cc(OCc2ccc(-c3ccccc3-c3nnn[nH]3)cc2)c(-c2ccccc2)c(C)n1. The number of ether oxygens (including phenoxy) is 1. The number of hydrogen-bond acceptors (Lipinski definition) is 5. The van der Waals surface area contributed by atoms with E-state index >= 15 is 0 Å². The minimum Gasteiger partial charge on any atom is -0.488 e. The lowest BCUT2D eigenvalue weighted by Gasteiger charge is -2.15. The van der Waals surface area contributed by atoms with Crippen molar-refractivity contribution in [2.45, 2.75) is 20.5 Å². The van der Waals surface area contributed by atoms with Crippen molar-refractivity contribution < 1.29 is 4.74 Å². The van der Waals surface area contributed by atoms with E-state index in [1.54, 1.807) is 0 Å². The number of nitrogens with zero attached hydrogens (tertiary/aromatic N) is 4. The summed E-state index contributed by atoms with van der Waals surface area (Å²) in [5.41, 5.74) is 8.24. The fraction of sp³-hybridized carbons (Fsp3) is 0.111. The predicted molar refractivity (Wildman–Crippen MR) is 129 cm³/mol. The number of H-pyrrole nitrogens is 1. The Balaban J connectivity index is 1.39. The van der Waals surface area contributed by atoms with E-state index in [0.29, 0.717) is 12.4 Å². The molecule has 0 saturated carbocycles. The average Bonchev–Trinajstić information content (AvgIpc) is 3.38. The number of benzene rings is 3. The molecule has 0 radical (unpaired) electrons. The van der Waals surface area contributed by atoms with Crippen molar-refractivity contribution in [2.24, 2.45) is 0 Å². The minimum atomic E-state index is 0.469. The lowest BCUT2D eigenvalue weighted by atomic mass is 9.98. The molecule has 33 heavy (non-hydrogen) atoms. The molecular weight excluding hydrogens is 410 g/mol. The van der Waals surface area contributed by atoms with Crippen molar-refractivity contribution in [2.75, 3.05) is 0 Å². The van der Waals surface area contributed by atoms with Crippen LogP contribution in [0.4, 0.5) is 0 Å². The first-order chi connectivity index (χ1) is 16.2. The molecule has 0 aliphatic heterocycles. The van der Waals surface area contributed by atoms with Gasteiger partial charge in [0.15, 0.2) is 5.82 Å². The van der Waals surface area contributed by atoms with E-state index in [1.807, 2.05) is 56.3 Å². The zero-order valence-corrected chi connectivity index (χ0v) is 18.5. The van der Waals surface area contributed by atoms with Gasteiger partial charge in [-0.15, -0.1) is 5.10 Å². The molecule has 0 atom stereocenters. The molecule has 0 aliphatic rings. The summed E-state index contributed by atoms with van der Waals surface area (Å²) < 4.78 is 6.30. The Morgan fingerprint density at radius 3 is 2.24 bits per heavy atom. The molecular formula is C27H23N5O. The lowest BCUT2D eigenvalue weighted by Crippen LogP contribution is -2.01. The van der Waals surface area contributed by atoms with Gasteiger partial charge in [-0.05, 0) is 46.5 Å². The van der Waals surface area contributed by atoms with Crippen molar-refractivity contribution in [3.05, 3.63) is 102 Å². The molecule has 0 amide bonds. The summed E-state index contributed by atoms with van der Waals surface area (Å²) in [6.45, 7) is 4.49. The van der Waals surface area contributed by atoms with Crippen molar-refractivity contribution in [1.29, 1.82) is 0 Å². The molecule has 0 aliphatic carbocycles. The number of rotatable bonds is 6. The van der Waals surface area contributed by atoms with E-state index in [1.165, 1.54) is 0 Å². The molecule has 0 spiro atoms. The van der Waals surface area contributed by atoms with Gasteiger partial charge < -0.3 is 4.74 Å². The van der Waals surface area contributed by atoms with Crippen LogP contribution in [0.3, 0.4) is 0 Å². The van der Waals surface area contributed by atoms with Crippen LogP contribution < -0.4 is 4.74 Å². The molecule has 2 heterocycles. The highest BCUT2D eigenvalue weighted by Crippen LogP contribution is 2.34. The van der Waals surface area contributed by atoms with Crippen LogP contribution >= 0.6 is 0 Å². The van der Waals surface area contributed by atoms with Crippen LogP contribution in [-0.4, -0.2) is 25.6 Å². The number of hydrogen-bond donors (Lipinski definition) is 1. The lowest BCUT2D eigenvalue weighted by molar-refractivity contribution is 0.307. The summed E-state index contributed by atoms with van der Waals surface area (Å²) in [5, 5.41) is 14.3. The van der Waals surface area contributed by atoms with Gasteiger partial charge in [0, 0.05) is 28.6 Å². The van der Waals surface area contributed by atoms with Gasteiger partial charge in [0.05, 0.1) is 0 Å². The molecule has 0 saturated heterocycles. The predicted octanol–water partition coefficient (Wildman–Crippen LogP) is 5.79. The first kappa shape index (κ1) is 20.6. The number of aryl methyl sites for hydroxylation is 2. The monoisotopic (exact) mass is 433 g/mol. The van der Waals surface area contributed by atoms with E-state index in [0.717, 1.165) is 50.5 Å². The summed E-state index contributed by atoms with van der Waals surface area (Å²) in [7, 11) is 0. The molecule has 0 bridgehead atoms. The van der Waals surface area contributed by atoms with Gasteiger partial charge in [0.25, 0.3) is 0 Å². The second kappa shape index (κ2) is 9.04. The third-order valence-electron chi connectivity index (χ3n) is 5.54. The van der Waals surface area contributed by atoms with E-state index < -0.39 is 0 Å². The standard InChI is InChI=1S/C27H23N5O/c1-18-16-25(26(19(2)28-18)22-8-4-3-5-9-22)33-17-20-12-14-21(15-13-20)23-10-6-7-11-24(23)27-29-31-32-30-27/h3-16H,17H2,1-2H3,(H,29,30,31,32). The largest absolute Gasteiger partial charge is 0.488 e. The summed E-state index contributed by atoms with van der Waals surface area (Å²) in [6.07, 6.45) is 0. The molecule has 2 aromatic heterocycles. The summed E-state index contributed by atoms with van der Waals surface area (Å²) in [6, 6.07) is 28.7. The van der Waals surface area contributed by atoms with E-state index in [9.17, 15) is 0 Å². The smallest absolute Gasteiger partial charge is 0.180 e. The molecule has 6 nitrogen and oxygen atoms in total. The summed E-state index contributed by atoms with van der Waals surface area (Å²) >= 11 is 0. The third-order valence-corrected chi connectivity index (χ3v) is 5.54. The summed E-state index contributed by atoms with van der Waals surface area (Å²) in [4.78, 5) is 4.64. The quantitative estimate of drug-likeness (QED) is 0.367. The van der Waals surface area contributed by atoms with Gasteiger partial charge >= 0.3 is 0 Å². The van der Waals surface area contributed by atoms with Crippen LogP contribution in [0.25, 0.3) is 33.6 Å². The molecule has 5 rings (SSSR count). The van der Waals surface area contributed by atoms with Gasteiger partial charge in [-0.3, -0.25) is 4.98 Å². The average molecular weight is 434 g/mol. The number of nitrogens with one attached hydrogen (secondary N) is 1. The Bertz CT molecular complexity index is 1360. The van der Waals surface area contributed by atoms with Crippen LogP contribution in [0.15, 0.2) is 84.9 Å². The number of tetrazole rings is 1. The second-order valence-corrected chi connectivity index (χ2v) is 7.87. The zero-order chi connectivity index (χ0) is 22.6. The maximum Gasteiger partial charge on any atom is 0.180 e. The fourth-order valence-electron chi connectivity index (χ4n) is 4.02. The van der Waals surface area contributed by atoms with Crippen molar-refractivity contribution in [1.82, 2.24) is 25.6 Å². The molecule has 6 heteroatoms. The number of aromatic nitrogens is 5. The van der Waals surface area contributed by atoms with Crippen molar-refractivity contribution >= 4 is 0 Å². The van der Waals surface area contributed by atoms with Crippen molar-refractivity contribution in [3.63, 3.8) is 0 Å². The highest BCUT2D eigenvalue weighted by Gasteiger charge is 2.13. The Morgan fingerprint density at radius 2 is 1.52 bits per heavy atom. The Labute approximate surface area is 192 Å². The molecule has 1 N–H and O–H groups in total. The van der Waals surface area contributed by atoms with Crippen LogP contribution in [-0.2, 0) is 6.61 Å². The van der Waals surface area contributed by atoms with Crippen LogP contribution in [0.1, 0.15) is 17.0 Å². The van der Waals surface area contributed by atoms with Crippen LogP contribution in [0.5, 0.6) is 5.75 Å². The van der Waals surface area contributed by atoms with E-state index in [-0.39, 0.29) is 0 Å². The highest BCUT2D eigenvalue weighted by atomic mass is 16.5. The second-order valence-electron chi connectivity index (χ2n) is 7.87. The first-order valence-corrected chi connectivity index (χ1v) is 10.8. The fourth-order valence-corrected chi connectivity index (χ4v) is 4.02. The Hall–Kier alpha value is -4.32. The maximum absolute atomic E-state index is 6.30. The molecule has 3 aromatic carbocycles. The van der Waals surface area contributed by atoms with Gasteiger partial charge in [0.2, 0.25) is 0 Å². The Kier molecular flexibility index (Phi) is 5.64. The normalized spacial score (nSPS) is 10.8. The number of aromatic amines is 1. The number of pyridine rings is 1. The van der Waals surface area contributed by atoms with Crippen LogP contribution in [0.2, 0.25) is 0 Å². The van der Waals surface area contributed by atoms with Gasteiger partial charge in [-0.25, -0.2) is 5.10 Å². The molecule has 0 unspecified atom stereocenters. The molecule has 162 valence electrons. The zero-order valence-electron chi connectivity index (χ0n) is 18.5. The molecule has 5 aromatic rings. The summed E-state index contributed by atoms with van der Waals surface area (Å²) in [5.74, 6) is 1.49. The minimum absolute atomic E-state index is 0.469. The maximum atomic E-state index is 6.30.